The lowest BCUT2D eigenvalue weighted by Crippen LogP contribution is -2.76. The molecule has 0 aliphatic carbocycles. The predicted octanol–water partition coefficient (Wildman–Crippen LogP) is 2.90. The SMILES string of the molecule is C[Si]1(C)CC(CCCN)O[Si](C)(C)[Si]1(C)C. The highest BCUT2D eigenvalue weighted by molar-refractivity contribution is 7.67. The van der Waals surface area contributed by atoms with E-state index in [1.54, 1.807) is 0 Å². The largest absolute Gasteiger partial charge is 0.418 e. The molecule has 0 spiro atoms. The van der Waals surface area contributed by atoms with E-state index in [9.17, 15) is 0 Å². The van der Waals surface area contributed by atoms with Crippen LogP contribution in [-0.4, -0.2) is 35.2 Å². The lowest BCUT2D eigenvalue weighted by atomic mass is 10.2. The first-order valence-corrected chi connectivity index (χ1v) is 17.6. The van der Waals surface area contributed by atoms with Gasteiger partial charge in [-0.05, 0) is 38.5 Å². The topological polar surface area (TPSA) is 35.2 Å². The minimum Gasteiger partial charge on any atom is -0.418 e. The van der Waals surface area contributed by atoms with Gasteiger partial charge in [0, 0.05) is 13.7 Å². The Balaban J connectivity index is 2.82. The molecule has 1 heterocycles. The monoisotopic (exact) mass is 275 g/mol. The summed E-state index contributed by atoms with van der Waals surface area (Å²) in [4.78, 5) is 0. The highest BCUT2D eigenvalue weighted by Crippen LogP contribution is 2.40. The molecule has 96 valence electrons. The molecule has 2 nitrogen and oxygen atoms in total. The van der Waals surface area contributed by atoms with Crippen molar-refractivity contribution in [2.75, 3.05) is 6.54 Å². The predicted molar refractivity (Wildman–Crippen MR) is 80.4 cm³/mol. The van der Waals surface area contributed by atoms with E-state index in [2.05, 4.69) is 39.3 Å². The van der Waals surface area contributed by atoms with Crippen molar-refractivity contribution in [2.45, 2.75) is 64.3 Å². The molecule has 16 heavy (non-hydrogen) atoms. The van der Waals surface area contributed by atoms with Crippen LogP contribution in [0.25, 0.3) is 0 Å². The van der Waals surface area contributed by atoms with Gasteiger partial charge in [0.1, 0.15) is 0 Å². The summed E-state index contributed by atoms with van der Waals surface area (Å²) in [5.74, 6) is 0. The van der Waals surface area contributed by atoms with Crippen LogP contribution in [0.3, 0.4) is 0 Å². The first-order valence-electron chi connectivity index (χ1n) is 6.52. The molecule has 1 aliphatic heterocycles. The Morgan fingerprint density at radius 1 is 1.12 bits per heavy atom. The zero-order valence-corrected chi connectivity index (χ0v) is 14.9. The normalized spacial score (nSPS) is 31.3. The van der Waals surface area contributed by atoms with E-state index in [0.717, 1.165) is 13.0 Å². The van der Waals surface area contributed by atoms with Crippen LogP contribution in [0.5, 0.6) is 0 Å². The second-order valence-electron chi connectivity index (χ2n) is 6.89. The van der Waals surface area contributed by atoms with E-state index in [1.165, 1.54) is 12.5 Å². The van der Waals surface area contributed by atoms with Crippen LogP contribution in [0.4, 0.5) is 0 Å². The standard InChI is InChI=1S/C11H29NOSi3/c1-14(2)10-11(8-7-9-12)13-15(3,4)16(14,5)6/h11H,7-10,12H2,1-6H3. The van der Waals surface area contributed by atoms with Crippen molar-refractivity contribution < 1.29 is 4.43 Å². The van der Waals surface area contributed by atoms with E-state index in [1.807, 2.05) is 0 Å². The van der Waals surface area contributed by atoms with Gasteiger partial charge >= 0.3 is 0 Å². The lowest BCUT2D eigenvalue weighted by Gasteiger charge is -2.54. The second-order valence-corrected chi connectivity index (χ2v) is 34.2. The first-order chi connectivity index (χ1) is 7.14. The summed E-state index contributed by atoms with van der Waals surface area (Å²) < 4.78 is 6.51. The maximum absolute atomic E-state index is 6.51. The van der Waals surface area contributed by atoms with Crippen molar-refractivity contribution in [1.82, 2.24) is 0 Å². The fourth-order valence-electron chi connectivity index (χ4n) is 2.75. The van der Waals surface area contributed by atoms with Crippen molar-refractivity contribution in [2.24, 2.45) is 5.73 Å². The molecule has 0 bridgehead atoms. The fraction of sp³-hybridized carbons (Fsp3) is 1.00. The Morgan fingerprint density at radius 3 is 2.12 bits per heavy atom. The van der Waals surface area contributed by atoms with Gasteiger partial charge in [0.15, 0.2) is 7.83 Å². The molecule has 5 heteroatoms. The van der Waals surface area contributed by atoms with Crippen molar-refractivity contribution in [3.05, 3.63) is 0 Å². The number of hydrogen-bond donors (Lipinski definition) is 1. The van der Waals surface area contributed by atoms with Gasteiger partial charge in [-0.2, -0.15) is 0 Å². The third-order valence-electron chi connectivity index (χ3n) is 5.13. The molecule has 0 aromatic heterocycles. The summed E-state index contributed by atoms with van der Waals surface area (Å²) >= 11 is 0. The number of hydrogen-bond acceptors (Lipinski definition) is 2. The van der Waals surface area contributed by atoms with Gasteiger partial charge in [-0.3, -0.25) is 0 Å². The molecular weight excluding hydrogens is 246 g/mol. The lowest BCUT2D eigenvalue weighted by molar-refractivity contribution is 0.201. The summed E-state index contributed by atoms with van der Waals surface area (Å²) in [7, 11) is -3.54. The van der Waals surface area contributed by atoms with Crippen LogP contribution in [0.15, 0.2) is 0 Å². The zero-order valence-electron chi connectivity index (χ0n) is 11.9. The van der Waals surface area contributed by atoms with Gasteiger partial charge in [0.2, 0.25) is 0 Å². The summed E-state index contributed by atoms with van der Waals surface area (Å²) in [5.41, 5.74) is 5.61. The molecular formula is C11H29NOSi3. The van der Waals surface area contributed by atoms with Crippen LogP contribution in [0, 0.1) is 0 Å². The summed E-state index contributed by atoms with van der Waals surface area (Å²) in [6, 6.07) is 1.38. The van der Waals surface area contributed by atoms with Crippen molar-refractivity contribution in [3.63, 3.8) is 0 Å². The Morgan fingerprint density at radius 2 is 1.69 bits per heavy atom. The smallest absolute Gasteiger partial charge is 0.171 e. The number of nitrogens with two attached hydrogens (primary N) is 1. The average Bonchev–Trinajstić information content (AvgIpc) is 2.10. The van der Waals surface area contributed by atoms with Crippen molar-refractivity contribution in [3.8, 4) is 0 Å². The van der Waals surface area contributed by atoms with E-state index < -0.39 is 22.5 Å². The summed E-state index contributed by atoms with van der Waals surface area (Å²) in [5, 5.41) is 0. The van der Waals surface area contributed by atoms with E-state index in [4.69, 9.17) is 10.2 Å². The molecule has 2 N–H and O–H groups in total. The second kappa shape index (κ2) is 4.68. The van der Waals surface area contributed by atoms with Crippen LogP contribution < -0.4 is 5.73 Å². The summed E-state index contributed by atoms with van der Waals surface area (Å²) in [6.45, 7) is 16.1. The minimum atomic E-state index is -1.41. The highest BCUT2D eigenvalue weighted by atomic mass is 29.6. The minimum absolute atomic E-state index is 0.535. The third kappa shape index (κ3) is 2.53. The molecule has 1 aliphatic rings. The number of rotatable bonds is 3. The molecule has 1 fully saturated rings. The highest BCUT2D eigenvalue weighted by Gasteiger charge is 2.58. The van der Waals surface area contributed by atoms with Gasteiger partial charge in [0.05, 0.1) is 7.11 Å². The Labute approximate surface area is 104 Å². The van der Waals surface area contributed by atoms with Gasteiger partial charge in [-0.1, -0.05) is 26.2 Å². The molecule has 0 aromatic carbocycles. The maximum atomic E-state index is 6.51. The molecule has 1 rings (SSSR count). The van der Waals surface area contributed by atoms with Crippen molar-refractivity contribution in [1.29, 1.82) is 0 Å². The van der Waals surface area contributed by atoms with E-state index in [0.29, 0.717) is 6.10 Å². The Hall–Kier alpha value is 0.571. The molecule has 1 unspecified atom stereocenters. The fourth-order valence-corrected chi connectivity index (χ4v) is 32.4. The van der Waals surface area contributed by atoms with Crippen LogP contribution in [-0.2, 0) is 4.43 Å². The van der Waals surface area contributed by atoms with Gasteiger partial charge in [-0.25, -0.2) is 0 Å². The van der Waals surface area contributed by atoms with E-state index >= 15 is 0 Å². The molecule has 1 atom stereocenters. The average molecular weight is 276 g/mol. The molecule has 0 aromatic rings. The van der Waals surface area contributed by atoms with Gasteiger partial charge in [0.25, 0.3) is 0 Å². The first kappa shape index (κ1) is 14.6. The third-order valence-corrected chi connectivity index (χ3v) is 45.6. The van der Waals surface area contributed by atoms with Gasteiger partial charge in [-0.15, -0.1) is 0 Å². The zero-order chi connectivity index (χ0) is 12.6. The molecule has 1 saturated heterocycles. The van der Waals surface area contributed by atoms with Crippen LogP contribution >= 0.6 is 0 Å². The van der Waals surface area contributed by atoms with Gasteiger partial charge < -0.3 is 10.2 Å². The van der Waals surface area contributed by atoms with Crippen LogP contribution in [0.2, 0.25) is 45.3 Å². The van der Waals surface area contributed by atoms with E-state index in [-0.39, 0.29) is 0 Å². The molecule has 0 amide bonds. The molecule has 0 radical (unpaired) electrons. The molecule has 0 saturated carbocycles. The quantitative estimate of drug-likeness (QED) is 0.804. The van der Waals surface area contributed by atoms with Crippen molar-refractivity contribution >= 4 is 22.5 Å². The Kier molecular flexibility index (Phi) is 4.28. The summed E-state index contributed by atoms with van der Waals surface area (Å²) in [6.07, 6.45) is 2.85. The Bertz CT molecular complexity index is 234. The maximum Gasteiger partial charge on any atom is 0.171 e. The van der Waals surface area contributed by atoms with Crippen LogP contribution in [0.1, 0.15) is 12.8 Å².